The minimum Gasteiger partial charge on any atom is -0.485 e. The summed E-state index contributed by atoms with van der Waals surface area (Å²) in [7, 11) is 0. The highest BCUT2D eigenvalue weighted by atomic mass is 32.1. The number of carbonyl (C=O) groups is 2. The summed E-state index contributed by atoms with van der Waals surface area (Å²) in [4.78, 5) is 35.0. The van der Waals surface area contributed by atoms with Crippen molar-refractivity contribution in [2.75, 3.05) is 32.8 Å². The van der Waals surface area contributed by atoms with Crippen molar-refractivity contribution in [3.8, 4) is 22.8 Å². The van der Waals surface area contributed by atoms with E-state index in [0.717, 1.165) is 16.3 Å². The first-order valence-electron chi connectivity index (χ1n) is 10.6. The molecular formula is C24H23N3O4S. The van der Waals surface area contributed by atoms with Crippen LogP contribution in [0.2, 0.25) is 0 Å². The number of aromatic nitrogens is 1. The van der Waals surface area contributed by atoms with E-state index in [1.165, 1.54) is 11.3 Å². The molecule has 7 nitrogen and oxygen atoms in total. The molecule has 0 unspecified atom stereocenters. The van der Waals surface area contributed by atoms with Crippen LogP contribution in [-0.4, -0.2) is 65.5 Å². The van der Waals surface area contributed by atoms with Gasteiger partial charge >= 0.3 is 0 Å². The first-order valence-corrected chi connectivity index (χ1v) is 11.4. The lowest BCUT2D eigenvalue weighted by atomic mass is 10.1. The number of hydrogen-bond acceptors (Lipinski definition) is 6. The molecule has 0 bridgehead atoms. The number of aryl methyl sites for hydroxylation is 1. The molecule has 3 heterocycles. The molecule has 0 saturated carbocycles. The smallest absolute Gasteiger partial charge is 0.267 e. The van der Waals surface area contributed by atoms with Crippen LogP contribution < -0.4 is 9.47 Å². The van der Waals surface area contributed by atoms with Crippen LogP contribution >= 0.6 is 11.3 Å². The van der Waals surface area contributed by atoms with E-state index in [4.69, 9.17) is 9.47 Å². The average Bonchev–Trinajstić information content (AvgIpc) is 3.25. The number of fused-ring (bicyclic) bond motifs is 1. The van der Waals surface area contributed by atoms with Gasteiger partial charge in [0, 0.05) is 31.7 Å². The molecule has 2 aromatic carbocycles. The second-order valence-electron chi connectivity index (χ2n) is 7.76. The number of thiazole rings is 1. The maximum absolute atomic E-state index is 13.3. The number of rotatable bonds is 3. The molecule has 0 spiro atoms. The molecular weight excluding hydrogens is 426 g/mol. The Bertz CT molecular complexity index is 1140. The molecule has 164 valence electrons. The zero-order valence-electron chi connectivity index (χ0n) is 17.7. The van der Waals surface area contributed by atoms with E-state index >= 15 is 0 Å². The molecule has 2 aliphatic rings. The minimum absolute atomic E-state index is 0.0345. The third kappa shape index (κ3) is 3.93. The SMILES string of the molecule is Cc1nc(-c2ccccc2)c(C(=O)N2CCN(C(=O)[C@H]3COc4ccccc4O3)CC2)s1. The predicted octanol–water partition coefficient (Wildman–Crippen LogP) is 3.24. The lowest BCUT2D eigenvalue weighted by Crippen LogP contribution is -2.55. The van der Waals surface area contributed by atoms with Crippen LogP contribution in [0.15, 0.2) is 54.6 Å². The van der Waals surface area contributed by atoms with E-state index in [1.807, 2.05) is 55.5 Å². The molecule has 3 aromatic rings. The number of hydrogen-bond donors (Lipinski definition) is 0. The number of piperazine rings is 1. The molecule has 1 saturated heterocycles. The average molecular weight is 450 g/mol. The third-order valence-corrected chi connectivity index (χ3v) is 6.60. The van der Waals surface area contributed by atoms with Crippen molar-refractivity contribution in [1.82, 2.24) is 14.8 Å². The molecule has 1 fully saturated rings. The van der Waals surface area contributed by atoms with Crippen molar-refractivity contribution in [3.63, 3.8) is 0 Å². The van der Waals surface area contributed by atoms with Gasteiger partial charge in [0.2, 0.25) is 6.10 Å². The molecule has 0 aliphatic carbocycles. The van der Waals surface area contributed by atoms with Gasteiger partial charge in [-0.05, 0) is 19.1 Å². The van der Waals surface area contributed by atoms with Crippen LogP contribution in [0.5, 0.6) is 11.5 Å². The van der Waals surface area contributed by atoms with E-state index in [-0.39, 0.29) is 18.4 Å². The topological polar surface area (TPSA) is 72.0 Å². The summed E-state index contributed by atoms with van der Waals surface area (Å²) in [6.45, 7) is 3.97. The zero-order valence-corrected chi connectivity index (χ0v) is 18.5. The highest BCUT2D eigenvalue weighted by Crippen LogP contribution is 2.32. The largest absolute Gasteiger partial charge is 0.485 e. The molecule has 2 amide bonds. The summed E-state index contributed by atoms with van der Waals surface area (Å²) in [5, 5.41) is 0.857. The lowest BCUT2D eigenvalue weighted by molar-refractivity contribution is -0.142. The number of para-hydroxylation sites is 2. The standard InChI is InChI=1S/C24H23N3O4S/c1-16-25-21(17-7-3-2-4-8-17)22(32-16)24(29)27-13-11-26(12-14-27)23(28)20-15-30-18-9-5-6-10-19(18)31-20/h2-10,20H,11-15H2,1H3/t20-/m1/s1. The van der Waals surface area contributed by atoms with Gasteiger partial charge < -0.3 is 19.3 Å². The minimum atomic E-state index is -0.666. The van der Waals surface area contributed by atoms with Crippen LogP contribution in [0, 0.1) is 6.92 Å². The van der Waals surface area contributed by atoms with Crippen molar-refractivity contribution in [1.29, 1.82) is 0 Å². The van der Waals surface area contributed by atoms with Crippen LogP contribution in [0.25, 0.3) is 11.3 Å². The highest BCUT2D eigenvalue weighted by molar-refractivity contribution is 7.14. The molecule has 1 atom stereocenters. The maximum atomic E-state index is 13.3. The maximum Gasteiger partial charge on any atom is 0.267 e. The van der Waals surface area contributed by atoms with Gasteiger partial charge in [-0.3, -0.25) is 9.59 Å². The van der Waals surface area contributed by atoms with Gasteiger partial charge in [-0.1, -0.05) is 42.5 Å². The number of carbonyl (C=O) groups excluding carboxylic acids is 2. The zero-order chi connectivity index (χ0) is 22.1. The van der Waals surface area contributed by atoms with E-state index in [9.17, 15) is 9.59 Å². The van der Waals surface area contributed by atoms with E-state index in [1.54, 1.807) is 15.9 Å². The molecule has 5 rings (SSSR count). The van der Waals surface area contributed by atoms with Gasteiger partial charge in [0.15, 0.2) is 11.5 Å². The Morgan fingerprint density at radius 3 is 2.34 bits per heavy atom. The van der Waals surface area contributed by atoms with Crippen molar-refractivity contribution >= 4 is 23.2 Å². The Labute approximate surface area is 190 Å². The summed E-state index contributed by atoms with van der Waals surface area (Å²) >= 11 is 1.41. The van der Waals surface area contributed by atoms with Gasteiger partial charge in [-0.2, -0.15) is 0 Å². The Morgan fingerprint density at radius 1 is 0.938 bits per heavy atom. The normalized spacial score (nSPS) is 17.8. The van der Waals surface area contributed by atoms with Crippen molar-refractivity contribution in [3.05, 3.63) is 64.5 Å². The molecule has 0 radical (unpaired) electrons. The first kappa shape index (κ1) is 20.5. The van der Waals surface area contributed by atoms with Gasteiger partial charge in [-0.25, -0.2) is 4.98 Å². The van der Waals surface area contributed by atoms with Crippen LogP contribution in [-0.2, 0) is 4.79 Å². The van der Waals surface area contributed by atoms with Crippen LogP contribution in [0.4, 0.5) is 0 Å². The van der Waals surface area contributed by atoms with Gasteiger partial charge in [-0.15, -0.1) is 11.3 Å². The Morgan fingerprint density at radius 2 is 1.59 bits per heavy atom. The Balaban J connectivity index is 1.24. The summed E-state index contributed by atoms with van der Waals surface area (Å²) < 4.78 is 11.5. The lowest BCUT2D eigenvalue weighted by Gasteiger charge is -2.37. The summed E-state index contributed by atoms with van der Waals surface area (Å²) in [6.07, 6.45) is -0.666. The van der Waals surface area contributed by atoms with Crippen molar-refractivity contribution in [2.24, 2.45) is 0 Å². The first-order chi connectivity index (χ1) is 15.6. The van der Waals surface area contributed by atoms with Crippen molar-refractivity contribution in [2.45, 2.75) is 13.0 Å². The summed E-state index contributed by atoms with van der Waals surface area (Å²) in [5.41, 5.74) is 1.66. The second-order valence-corrected chi connectivity index (χ2v) is 8.96. The van der Waals surface area contributed by atoms with Gasteiger partial charge in [0.25, 0.3) is 11.8 Å². The van der Waals surface area contributed by atoms with Crippen LogP contribution in [0.3, 0.4) is 0 Å². The van der Waals surface area contributed by atoms with E-state index < -0.39 is 6.10 Å². The number of nitrogens with zero attached hydrogens (tertiary/aromatic N) is 3. The van der Waals surface area contributed by atoms with Crippen LogP contribution in [0.1, 0.15) is 14.7 Å². The fourth-order valence-corrected chi connectivity index (χ4v) is 4.89. The quantitative estimate of drug-likeness (QED) is 0.614. The van der Waals surface area contributed by atoms with E-state index in [0.29, 0.717) is 42.6 Å². The van der Waals surface area contributed by atoms with Gasteiger partial charge in [0.1, 0.15) is 11.5 Å². The fraction of sp³-hybridized carbons (Fsp3) is 0.292. The predicted molar refractivity (Wildman–Crippen MR) is 121 cm³/mol. The Kier molecular flexibility index (Phi) is 5.53. The summed E-state index contributed by atoms with van der Waals surface area (Å²) in [6, 6.07) is 17.1. The van der Waals surface area contributed by atoms with E-state index in [2.05, 4.69) is 4.98 Å². The fourth-order valence-electron chi connectivity index (χ4n) is 3.98. The van der Waals surface area contributed by atoms with Crippen molar-refractivity contribution < 1.29 is 19.1 Å². The number of benzene rings is 2. The molecule has 2 aliphatic heterocycles. The molecule has 8 heteroatoms. The Hall–Kier alpha value is -3.39. The molecule has 1 aromatic heterocycles. The molecule has 32 heavy (non-hydrogen) atoms. The monoisotopic (exact) mass is 449 g/mol. The molecule has 0 N–H and O–H groups in total. The van der Waals surface area contributed by atoms with Gasteiger partial charge in [0.05, 0.1) is 10.7 Å². The second kappa shape index (κ2) is 8.63. The number of ether oxygens (including phenoxy) is 2. The number of amides is 2. The third-order valence-electron chi connectivity index (χ3n) is 5.64. The summed E-state index contributed by atoms with van der Waals surface area (Å²) in [5.74, 6) is 1.10. The highest BCUT2D eigenvalue weighted by Gasteiger charge is 2.34.